The fraction of sp³-hybridized carbons (Fsp3) is 0.467. The Hall–Kier alpha value is -2.44. The first-order valence-electron chi connectivity index (χ1n) is 7.30. The molecule has 0 atom stereocenters. The third-order valence-electron chi connectivity index (χ3n) is 3.69. The normalized spacial score (nSPS) is 10.7. The molecule has 7 nitrogen and oxygen atoms in total. The average Bonchev–Trinajstić information content (AvgIpc) is 3.03. The van der Waals surface area contributed by atoms with Crippen LogP contribution in [0.3, 0.4) is 0 Å². The first kappa shape index (κ1) is 15.9. The van der Waals surface area contributed by atoms with Crippen molar-refractivity contribution in [1.82, 2.24) is 25.1 Å². The minimum Gasteiger partial charge on any atom is -0.355 e. The average molecular weight is 303 g/mol. The van der Waals surface area contributed by atoms with Crippen LogP contribution in [0.15, 0.2) is 6.33 Å². The van der Waals surface area contributed by atoms with Gasteiger partial charge in [-0.2, -0.15) is 0 Å². The maximum absolute atomic E-state index is 12.3. The van der Waals surface area contributed by atoms with E-state index < -0.39 is 0 Å². The first-order valence-corrected chi connectivity index (χ1v) is 7.30. The van der Waals surface area contributed by atoms with Crippen LogP contribution in [0.25, 0.3) is 0 Å². The second-order valence-corrected chi connectivity index (χ2v) is 5.22. The van der Waals surface area contributed by atoms with Crippen LogP contribution in [0.4, 0.5) is 0 Å². The van der Waals surface area contributed by atoms with Crippen LogP contribution in [0.1, 0.15) is 51.8 Å². The van der Waals surface area contributed by atoms with Gasteiger partial charge in [-0.1, -0.05) is 0 Å². The first-order chi connectivity index (χ1) is 10.5. The molecule has 0 fully saturated rings. The van der Waals surface area contributed by atoms with Gasteiger partial charge in [-0.25, -0.2) is 0 Å². The number of aryl methyl sites for hydroxylation is 2. The van der Waals surface area contributed by atoms with Gasteiger partial charge < -0.3 is 14.9 Å². The maximum atomic E-state index is 12.3. The fourth-order valence-corrected chi connectivity index (χ4v) is 2.56. The quantitative estimate of drug-likeness (QED) is 0.789. The molecule has 2 aromatic heterocycles. The Bertz CT molecular complexity index is 699. The molecule has 22 heavy (non-hydrogen) atoms. The molecule has 2 heterocycles. The van der Waals surface area contributed by atoms with E-state index in [9.17, 15) is 9.59 Å². The lowest BCUT2D eigenvalue weighted by atomic mass is 10.1. The highest BCUT2D eigenvalue weighted by atomic mass is 16.1. The van der Waals surface area contributed by atoms with E-state index in [-0.39, 0.29) is 11.7 Å². The van der Waals surface area contributed by atoms with Gasteiger partial charge in [0.05, 0.1) is 11.3 Å². The summed E-state index contributed by atoms with van der Waals surface area (Å²) in [5.74, 6) is 0.590. The summed E-state index contributed by atoms with van der Waals surface area (Å²) in [4.78, 5) is 26.8. The van der Waals surface area contributed by atoms with E-state index in [4.69, 9.17) is 0 Å². The van der Waals surface area contributed by atoms with Crippen LogP contribution < -0.4 is 5.32 Å². The smallest absolute Gasteiger partial charge is 0.253 e. The van der Waals surface area contributed by atoms with Crippen molar-refractivity contribution < 1.29 is 9.59 Å². The number of ketones is 1. The number of carbonyl (C=O) groups excluding carboxylic acids is 2. The second kappa shape index (κ2) is 6.55. The monoisotopic (exact) mass is 303 g/mol. The lowest BCUT2D eigenvalue weighted by Crippen LogP contribution is -2.27. The molecule has 0 radical (unpaired) electrons. The minimum atomic E-state index is -0.179. The predicted octanol–water partition coefficient (Wildman–Crippen LogP) is 1.42. The zero-order chi connectivity index (χ0) is 16.3. The predicted molar refractivity (Wildman–Crippen MR) is 82.0 cm³/mol. The van der Waals surface area contributed by atoms with Gasteiger partial charge in [0.15, 0.2) is 5.78 Å². The molecule has 0 bridgehead atoms. The van der Waals surface area contributed by atoms with Crippen molar-refractivity contribution in [2.45, 2.75) is 40.7 Å². The number of rotatable bonds is 6. The molecule has 7 heteroatoms. The molecule has 0 aliphatic carbocycles. The molecule has 0 aromatic carbocycles. The molecule has 1 amide bonds. The molecule has 0 aliphatic heterocycles. The number of carbonyl (C=O) groups is 2. The lowest BCUT2D eigenvalue weighted by molar-refractivity contribution is 0.0952. The zero-order valence-corrected chi connectivity index (χ0v) is 13.4. The highest BCUT2D eigenvalue weighted by molar-refractivity contribution is 6.02. The van der Waals surface area contributed by atoms with Gasteiger partial charge in [-0.3, -0.25) is 9.59 Å². The summed E-state index contributed by atoms with van der Waals surface area (Å²) in [7, 11) is 0. The van der Waals surface area contributed by atoms with Crippen molar-refractivity contribution in [3.8, 4) is 0 Å². The van der Waals surface area contributed by atoms with E-state index in [2.05, 4.69) is 20.5 Å². The van der Waals surface area contributed by atoms with Crippen molar-refractivity contribution in [1.29, 1.82) is 0 Å². The van der Waals surface area contributed by atoms with E-state index in [0.29, 0.717) is 35.5 Å². The minimum absolute atomic E-state index is 0.0734. The van der Waals surface area contributed by atoms with Gasteiger partial charge in [0.2, 0.25) is 0 Å². The van der Waals surface area contributed by atoms with Crippen molar-refractivity contribution in [2.24, 2.45) is 0 Å². The topological polar surface area (TPSA) is 92.7 Å². The molecule has 0 unspecified atom stereocenters. The molecule has 2 rings (SSSR count). The Balaban J connectivity index is 2.03. The number of hydrogen-bond acceptors (Lipinski definition) is 4. The van der Waals surface area contributed by atoms with Crippen LogP contribution in [0.5, 0.6) is 0 Å². The Morgan fingerprint density at radius 3 is 2.68 bits per heavy atom. The van der Waals surface area contributed by atoms with E-state index in [1.54, 1.807) is 20.2 Å². The van der Waals surface area contributed by atoms with E-state index in [0.717, 1.165) is 12.4 Å². The SMILES string of the molecule is CCn1cnnc1CCNC(=O)c1c(C)[nH]c(C(C)=O)c1C. The molecule has 118 valence electrons. The van der Waals surface area contributed by atoms with Crippen molar-refractivity contribution in [2.75, 3.05) is 6.54 Å². The number of nitrogens with zero attached hydrogens (tertiary/aromatic N) is 3. The van der Waals surface area contributed by atoms with Gasteiger partial charge in [-0.15, -0.1) is 10.2 Å². The van der Waals surface area contributed by atoms with Gasteiger partial charge in [0.1, 0.15) is 12.2 Å². The number of hydrogen-bond donors (Lipinski definition) is 2. The van der Waals surface area contributed by atoms with Crippen LogP contribution in [-0.4, -0.2) is 38.0 Å². The number of nitrogens with one attached hydrogen (secondary N) is 2. The Labute approximate surface area is 129 Å². The van der Waals surface area contributed by atoms with Crippen molar-refractivity contribution >= 4 is 11.7 Å². The van der Waals surface area contributed by atoms with Gasteiger partial charge in [0.25, 0.3) is 5.91 Å². The van der Waals surface area contributed by atoms with Crippen LogP contribution in [0, 0.1) is 13.8 Å². The second-order valence-electron chi connectivity index (χ2n) is 5.22. The zero-order valence-electron chi connectivity index (χ0n) is 13.4. The molecule has 0 spiro atoms. The third-order valence-corrected chi connectivity index (χ3v) is 3.69. The maximum Gasteiger partial charge on any atom is 0.253 e. The van der Waals surface area contributed by atoms with Gasteiger partial charge in [0, 0.05) is 32.1 Å². The van der Waals surface area contributed by atoms with Gasteiger partial charge >= 0.3 is 0 Å². The highest BCUT2D eigenvalue weighted by Gasteiger charge is 2.19. The van der Waals surface area contributed by atoms with Crippen molar-refractivity contribution in [3.05, 3.63) is 34.7 Å². The molecular formula is C15H21N5O2. The van der Waals surface area contributed by atoms with E-state index in [1.807, 2.05) is 11.5 Å². The molecule has 0 aliphatic rings. The summed E-state index contributed by atoms with van der Waals surface area (Å²) in [6.07, 6.45) is 2.29. The summed E-state index contributed by atoms with van der Waals surface area (Å²) in [6.45, 7) is 8.34. The number of Topliss-reactive ketones (excluding diaryl/α,β-unsaturated/α-hetero) is 1. The molecule has 0 saturated carbocycles. The molecular weight excluding hydrogens is 282 g/mol. The Kier molecular flexibility index (Phi) is 4.75. The summed E-state index contributed by atoms with van der Waals surface area (Å²) in [6, 6.07) is 0. The number of amides is 1. The molecule has 0 saturated heterocycles. The fourth-order valence-electron chi connectivity index (χ4n) is 2.56. The molecule has 2 aromatic rings. The van der Waals surface area contributed by atoms with Crippen molar-refractivity contribution in [3.63, 3.8) is 0 Å². The number of aromatic amines is 1. The summed E-state index contributed by atoms with van der Waals surface area (Å²) in [5.41, 5.74) is 2.44. The highest BCUT2D eigenvalue weighted by Crippen LogP contribution is 2.18. The standard InChI is InChI=1S/C15H21N5O2/c1-5-20-8-17-19-12(20)6-7-16-15(22)13-9(2)14(11(4)21)18-10(13)3/h8,18H,5-7H2,1-4H3,(H,16,22). The Morgan fingerprint density at radius 1 is 1.36 bits per heavy atom. The number of H-pyrrole nitrogens is 1. The third kappa shape index (κ3) is 3.08. The summed E-state index contributed by atoms with van der Waals surface area (Å²) in [5, 5.41) is 10.8. The van der Waals surface area contributed by atoms with E-state index in [1.165, 1.54) is 6.92 Å². The van der Waals surface area contributed by atoms with Crippen LogP contribution in [-0.2, 0) is 13.0 Å². The largest absolute Gasteiger partial charge is 0.355 e. The summed E-state index contributed by atoms with van der Waals surface area (Å²) < 4.78 is 1.94. The number of aromatic nitrogens is 4. The lowest BCUT2D eigenvalue weighted by Gasteiger charge is -2.06. The van der Waals surface area contributed by atoms with E-state index >= 15 is 0 Å². The van der Waals surface area contributed by atoms with Crippen LogP contribution in [0.2, 0.25) is 0 Å². The van der Waals surface area contributed by atoms with Crippen LogP contribution >= 0.6 is 0 Å². The Morgan fingerprint density at radius 2 is 2.09 bits per heavy atom. The van der Waals surface area contributed by atoms with Gasteiger partial charge in [-0.05, 0) is 26.3 Å². The summed E-state index contributed by atoms with van der Waals surface area (Å²) >= 11 is 0. The molecule has 2 N–H and O–H groups in total.